The minimum Gasteiger partial charge on any atom is -0.365 e. The Balaban J connectivity index is 2.43. The van der Waals surface area contributed by atoms with Crippen molar-refractivity contribution >= 4 is 16.5 Å². The number of pyridine rings is 1. The first kappa shape index (κ1) is 11.9. The van der Waals surface area contributed by atoms with Crippen LogP contribution in [0.4, 0.5) is 5.13 Å². The number of aromatic nitrogens is 2. The molecule has 0 radical (unpaired) electrons. The van der Waals surface area contributed by atoms with Gasteiger partial charge in [0.25, 0.3) is 5.56 Å². The molecule has 0 aromatic carbocycles. The normalized spacial score (nSPS) is 10.8. The van der Waals surface area contributed by atoms with Crippen LogP contribution < -0.4 is 10.9 Å². The third-order valence-electron chi connectivity index (χ3n) is 2.55. The fraction of sp³-hybridized carbons (Fsp3) is 0.333. The summed E-state index contributed by atoms with van der Waals surface area (Å²) in [7, 11) is 1.81. The van der Waals surface area contributed by atoms with E-state index in [-0.39, 0.29) is 5.56 Å². The van der Waals surface area contributed by atoms with Gasteiger partial charge in [-0.05, 0) is 18.1 Å². The monoisotopic (exact) mass is 249 g/mol. The van der Waals surface area contributed by atoms with Crippen LogP contribution in [0.2, 0.25) is 0 Å². The molecule has 0 saturated heterocycles. The Hall–Kier alpha value is -1.62. The number of hydrogen-bond acceptors (Lipinski definition) is 4. The van der Waals surface area contributed by atoms with Gasteiger partial charge >= 0.3 is 0 Å². The van der Waals surface area contributed by atoms with Crippen molar-refractivity contribution in [2.24, 2.45) is 0 Å². The van der Waals surface area contributed by atoms with Crippen molar-refractivity contribution in [2.45, 2.75) is 19.8 Å². The molecule has 0 amide bonds. The van der Waals surface area contributed by atoms with Crippen molar-refractivity contribution in [3.05, 3.63) is 33.6 Å². The standard InChI is InChI=1S/C12H15N3OS/c1-7(2)9-5-4-8(11(16)14-9)10-6-17-12(13-3)15-10/h4-7H,1-3H3,(H,13,15)(H,14,16). The number of rotatable bonds is 3. The second-order valence-electron chi connectivity index (χ2n) is 4.10. The average Bonchev–Trinajstić information content (AvgIpc) is 2.77. The smallest absolute Gasteiger partial charge is 0.257 e. The largest absolute Gasteiger partial charge is 0.365 e. The summed E-state index contributed by atoms with van der Waals surface area (Å²) >= 11 is 1.49. The fourth-order valence-electron chi connectivity index (χ4n) is 1.54. The Kier molecular flexibility index (Phi) is 3.28. The van der Waals surface area contributed by atoms with Gasteiger partial charge in [-0.2, -0.15) is 0 Å². The van der Waals surface area contributed by atoms with E-state index >= 15 is 0 Å². The summed E-state index contributed by atoms with van der Waals surface area (Å²) in [4.78, 5) is 19.1. The van der Waals surface area contributed by atoms with Crippen molar-refractivity contribution < 1.29 is 0 Å². The summed E-state index contributed by atoms with van der Waals surface area (Å²) in [5, 5.41) is 5.65. The van der Waals surface area contributed by atoms with Crippen LogP contribution in [0.5, 0.6) is 0 Å². The predicted octanol–water partition coefficient (Wildman–Crippen LogP) is 2.66. The van der Waals surface area contributed by atoms with Crippen molar-refractivity contribution in [1.82, 2.24) is 9.97 Å². The van der Waals surface area contributed by atoms with Crippen LogP contribution in [-0.4, -0.2) is 17.0 Å². The van der Waals surface area contributed by atoms with E-state index in [9.17, 15) is 4.79 Å². The van der Waals surface area contributed by atoms with E-state index in [2.05, 4.69) is 15.3 Å². The Morgan fingerprint density at radius 3 is 2.71 bits per heavy atom. The molecule has 2 N–H and O–H groups in total. The van der Waals surface area contributed by atoms with Crippen molar-refractivity contribution in [3.63, 3.8) is 0 Å². The summed E-state index contributed by atoms with van der Waals surface area (Å²) in [5.74, 6) is 0.319. The SMILES string of the molecule is CNc1nc(-c2ccc(C(C)C)[nH]c2=O)cs1. The molecule has 2 aromatic heterocycles. The zero-order valence-electron chi connectivity index (χ0n) is 10.1. The topological polar surface area (TPSA) is 57.8 Å². The molecule has 0 aliphatic rings. The van der Waals surface area contributed by atoms with Gasteiger partial charge in [0.2, 0.25) is 0 Å². The summed E-state index contributed by atoms with van der Waals surface area (Å²) < 4.78 is 0. The highest BCUT2D eigenvalue weighted by molar-refractivity contribution is 7.14. The molecule has 0 bridgehead atoms. The van der Waals surface area contributed by atoms with Gasteiger partial charge in [0.15, 0.2) is 5.13 Å². The number of aromatic amines is 1. The van der Waals surface area contributed by atoms with Gasteiger partial charge in [-0.15, -0.1) is 11.3 Å². The molecule has 0 aliphatic carbocycles. The summed E-state index contributed by atoms with van der Waals surface area (Å²) in [5.41, 5.74) is 2.20. The molecule has 2 heterocycles. The van der Waals surface area contributed by atoms with Gasteiger partial charge in [-0.25, -0.2) is 4.98 Å². The summed E-state index contributed by atoms with van der Waals surface area (Å²) in [6, 6.07) is 3.78. The first-order valence-corrected chi connectivity index (χ1v) is 6.36. The van der Waals surface area contributed by atoms with Gasteiger partial charge in [-0.1, -0.05) is 13.8 Å². The third-order valence-corrected chi connectivity index (χ3v) is 3.41. The van der Waals surface area contributed by atoms with Gasteiger partial charge < -0.3 is 10.3 Å². The molecule has 4 nitrogen and oxygen atoms in total. The molecule has 90 valence electrons. The number of hydrogen-bond donors (Lipinski definition) is 2. The molecule has 17 heavy (non-hydrogen) atoms. The Morgan fingerprint density at radius 1 is 1.41 bits per heavy atom. The first-order chi connectivity index (χ1) is 8.11. The lowest BCUT2D eigenvalue weighted by atomic mass is 10.1. The summed E-state index contributed by atoms with van der Waals surface area (Å²) in [6.07, 6.45) is 0. The zero-order chi connectivity index (χ0) is 12.4. The molecule has 0 saturated carbocycles. The molecule has 5 heteroatoms. The zero-order valence-corrected chi connectivity index (χ0v) is 10.9. The highest BCUT2D eigenvalue weighted by atomic mass is 32.1. The lowest BCUT2D eigenvalue weighted by Gasteiger charge is -2.05. The molecular formula is C12H15N3OS. The van der Waals surface area contributed by atoms with Crippen molar-refractivity contribution in [1.29, 1.82) is 0 Å². The molecule has 0 spiro atoms. The van der Waals surface area contributed by atoms with E-state index in [1.807, 2.05) is 38.4 Å². The van der Waals surface area contributed by atoms with Crippen molar-refractivity contribution in [2.75, 3.05) is 12.4 Å². The molecule has 0 fully saturated rings. The first-order valence-electron chi connectivity index (χ1n) is 5.48. The van der Waals surface area contributed by atoms with Crippen LogP contribution in [0.25, 0.3) is 11.3 Å². The van der Waals surface area contributed by atoms with Crippen LogP contribution in [0.3, 0.4) is 0 Å². The lowest BCUT2D eigenvalue weighted by Crippen LogP contribution is -2.12. The number of anilines is 1. The van der Waals surface area contributed by atoms with Crippen LogP contribution in [-0.2, 0) is 0 Å². The molecule has 2 rings (SSSR count). The van der Waals surface area contributed by atoms with E-state index in [0.717, 1.165) is 16.5 Å². The Morgan fingerprint density at radius 2 is 2.18 bits per heavy atom. The van der Waals surface area contributed by atoms with Crippen molar-refractivity contribution in [3.8, 4) is 11.3 Å². The maximum absolute atomic E-state index is 11.9. The van der Waals surface area contributed by atoms with Gasteiger partial charge in [0, 0.05) is 18.1 Å². The van der Waals surface area contributed by atoms with Crippen LogP contribution >= 0.6 is 11.3 Å². The number of H-pyrrole nitrogens is 1. The number of nitrogens with zero attached hydrogens (tertiary/aromatic N) is 1. The van der Waals surface area contributed by atoms with E-state index in [1.165, 1.54) is 11.3 Å². The Labute approximate surface area is 104 Å². The second kappa shape index (κ2) is 4.71. The maximum Gasteiger partial charge on any atom is 0.257 e. The van der Waals surface area contributed by atoms with Gasteiger partial charge in [-0.3, -0.25) is 4.79 Å². The minimum absolute atomic E-state index is 0.0795. The molecule has 2 aromatic rings. The fourth-order valence-corrected chi connectivity index (χ4v) is 2.21. The molecular weight excluding hydrogens is 234 g/mol. The quantitative estimate of drug-likeness (QED) is 0.879. The average molecular weight is 249 g/mol. The highest BCUT2D eigenvalue weighted by Gasteiger charge is 2.09. The predicted molar refractivity (Wildman–Crippen MR) is 71.8 cm³/mol. The Bertz CT molecular complexity index is 571. The van der Waals surface area contributed by atoms with E-state index in [4.69, 9.17) is 0 Å². The van der Waals surface area contributed by atoms with Crippen LogP contribution in [0, 0.1) is 0 Å². The number of thiazole rings is 1. The maximum atomic E-state index is 11.9. The molecule has 0 aliphatic heterocycles. The van der Waals surface area contributed by atoms with Crippen LogP contribution in [0.1, 0.15) is 25.5 Å². The van der Waals surface area contributed by atoms with Gasteiger partial charge in [0.1, 0.15) is 0 Å². The highest BCUT2D eigenvalue weighted by Crippen LogP contribution is 2.22. The molecule has 0 atom stereocenters. The lowest BCUT2D eigenvalue weighted by molar-refractivity contribution is 0.816. The molecule has 0 unspecified atom stereocenters. The van der Waals surface area contributed by atoms with Crippen LogP contribution in [0.15, 0.2) is 22.3 Å². The van der Waals surface area contributed by atoms with Gasteiger partial charge in [0.05, 0.1) is 11.3 Å². The second-order valence-corrected chi connectivity index (χ2v) is 4.96. The number of nitrogens with one attached hydrogen (secondary N) is 2. The van der Waals surface area contributed by atoms with E-state index < -0.39 is 0 Å². The van der Waals surface area contributed by atoms with E-state index in [0.29, 0.717) is 11.5 Å². The summed E-state index contributed by atoms with van der Waals surface area (Å²) in [6.45, 7) is 4.10. The van der Waals surface area contributed by atoms with E-state index in [1.54, 1.807) is 0 Å². The minimum atomic E-state index is -0.0795. The third kappa shape index (κ3) is 2.39.